The van der Waals surface area contributed by atoms with E-state index in [1.165, 1.54) is 0 Å². The number of carbonyl (C=O) groups excluding carboxylic acids is 2. The predicted octanol–water partition coefficient (Wildman–Crippen LogP) is 5.16. The Kier molecular flexibility index (Phi) is 5.35. The van der Waals surface area contributed by atoms with Gasteiger partial charge in [0.1, 0.15) is 5.78 Å². The van der Waals surface area contributed by atoms with E-state index in [0.29, 0.717) is 51.0 Å². The van der Waals surface area contributed by atoms with E-state index in [1.54, 1.807) is 4.90 Å². The van der Waals surface area contributed by atoms with Crippen molar-refractivity contribution < 1.29 is 19.1 Å². The molecule has 0 N–H and O–H groups in total. The lowest BCUT2D eigenvalue weighted by Gasteiger charge is -2.68. The molecule has 1 heterocycles. The number of morpholine rings is 1. The van der Waals surface area contributed by atoms with E-state index >= 15 is 0 Å². The third kappa shape index (κ3) is 2.92. The summed E-state index contributed by atoms with van der Waals surface area (Å²) in [6.45, 7) is 16.2. The number of fused-ring (bicyclic) bond motifs is 3. The normalized spacial score (nSPS) is 43.6. The SMILES string of the molecule is C=C1C(=C)[C@]23CC[C@H]1CC2[C@]1(COC(=O)N2CCOCC2)CCC[C@@](C)(CC)C1CC3=O. The van der Waals surface area contributed by atoms with Crippen LogP contribution < -0.4 is 0 Å². The maximum absolute atomic E-state index is 13.9. The van der Waals surface area contributed by atoms with Crippen LogP contribution in [0, 0.1) is 34.0 Å². The number of ether oxygens (including phenoxy) is 2. The maximum Gasteiger partial charge on any atom is 0.409 e. The molecule has 2 unspecified atom stereocenters. The molecule has 6 fully saturated rings. The molecule has 32 heavy (non-hydrogen) atoms. The van der Waals surface area contributed by atoms with Gasteiger partial charge in [0.25, 0.3) is 0 Å². The Balaban J connectivity index is 1.52. The zero-order valence-corrected chi connectivity index (χ0v) is 19.9. The number of amides is 1. The summed E-state index contributed by atoms with van der Waals surface area (Å²) in [5.74, 6) is 1.27. The van der Waals surface area contributed by atoms with E-state index in [4.69, 9.17) is 9.47 Å². The van der Waals surface area contributed by atoms with Gasteiger partial charge in [0, 0.05) is 24.9 Å². The number of allylic oxidation sites excluding steroid dienone is 2. The van der Waals surface area contributed by atoms with Crippen LogP contribution in [0.15, 0.2) is 24.3 Å². The third-order valence-corrected chi connectivity index (χ3v) is 10.5. The van der Waals surface area contributed by atoms with Crippen molar-refractivity contribution in [3.8, 4) is 0 Å². The number of carbonyl (C=O) groups is 2. The highest BCUT2D eigenvalue weighted by Crippen LogP contribution is 2.72. The lowest BCUT2D eigenvalue weighted by molar-refractivity contribution is -0.189. The van der Waals surface area contributed by atoms with Gasteiger partial charge < -0.3 is 14.4 Å². The average Bonchev–Trinajstić information content (AvgIpc) is 2.82. The van der Waals surface area contributed by atoms with Crippen molar-refractivity contribution in [3.05, 3.63) is 24.3 Å². The highest BCUT2D eigenvalue weighted by Gasteiger charge is 2.69. The lowest BCUT2D eigenvalue weighted by Crippen LogP contribution is -2.66. The lowest BCUT2D eigenvalue weighted by atomic mass is 9.35. The van der Waals surface area contributed by atoms with Crippen molar-refractivity contribution >= 4 is 11.9 Å². The number of Topliss-reactive ketones (excluding diaryl/α,β-unsaturated/α-hetero) is 1. The molecule has 1 aliphatic heterocycles. The Morgan fingerprint density at radius 3 is 2.66 bits per heavy atom. The van der Waals surface area contributed by atoms with E-state index in [2.05, 4.69) is 27.0 Å². The Bertz CT molecular complexity index is 845. The van der Waals surface area contributed by atoms with Gasteiger partial charge >= 0.3 is 6.09 Å². The van der Waals surface area contributed by atoms with Crippen LogP contribution in [0.5, 0.6) is 0 Å². The molecule has 0 radical (unpaired) electrons. The molecule has 5 nitrogen and oxygen atoms in total. The molecule has 0 aromatic rings. The fourth-order valence-electron chi connectivity index (χ4n) is 8.45. The van der Waals surface area contributed by atoms with Gasteiger partial charge in [-0.1, -0.05) is 39.8 Å². The number of nitrogens with zero attached hydrogens (tertiary/aromatic N) is 1. The molecule has 5 aliphatic carbocycles. The molecule has 176 valence electrons. The van der Waals surface area contributed by atoms with E-state index in [9.17, 15) is 9.59 Å². The van der Waals surface area contributed by atoms with E-state index < -0.39 is 5.41 Å². The molecule has 6 atom stereocenters. The first-order chi connectivity index (χ1) is 15.3. The number of hydrogen-bond donors (Lipinski definition) is 0. The molecule has 1 saturated heterocycles. The van der Waals surface area contributed by atoms with Crippen LogP contribution in [0.3, 0.4) is 0 Å². The first-order valence-electron chi connectivity index (χ1n) is 12.7. The van der Waals surface area contributed by atoms with Gasteiger partial charge in [0.2, 0.25) is 0 Å². The van der Waals surface area contributed by atoms with Crippen molar-refractivity contribution in [2.24, 2.45) is 34.0 Å². The van der Waals surface area contributed by atoms with Gasteiger partial charge in [-0.15, -0.1) is 0 Å². The van der Waals surface area contributed by atoms with Crippen molar-refractivity contribution in [2.45, 2.75) is 65.2 Å². The Morgan fingerprint density at radius 2 is 1.94 bits per heavy atom. The van der Waals surface area contributed by atoms with Gasteiger partial charge in [0.15, 0.2) is 0 Å². The van der Waals surface area contributed by atoms with Crippen LogP contribution in [-0.2, 0) is 14.3 Å². The summed E-state index contributed by atoms with van der Waals surface area (Å²) < 4.78 is 11.5. The summed E-state index contributed by atoms with van der Waals surface area (Å²) in [7, 11) is 0. The molecule has 5 saturated carbocycles. The van der Waals surface area contributed by atoms with Gasteiger partial charge in [-0.3, -0.25) is 4.79 Å². The second-order valence-electron chi connectivity index (χ2n) is 11.4. The molecular formula is C27H39NO4. The summed E-state index contributed by atoms with van der Waals surface area (Å²) in [6, 6.07) is 0. The smallest absolute Gasteiger partial charge is 0.409 e. The first-order valence-corrected chi connectivity index (χ1v) is 12.7. The second kappa shape index (κ2) is 7.72. The van der Waals surface area contributed by atoms with Crippen LogP contribution in [0.25, 0.3) is 0 Å². The summed E-state index contributed by atoms with van der Waals surface area (Å²) in [5.41, 5.74) is 1.57. The standard InChI is InChI=1S/C27H39NO4/c1-5-25(4)8-6-9-26(17-32-24(30)28-11-13-31-14-12-28)21(25)16-23(29)27-10-7-20(15-22(26)27)18(2)19(27)3/h20-22H,2-3,5-17H2,1,4H3/t20-,21?,22?,25+,26-,27+/m0/s1. The van der Waals surface area contributed by atoms with Gasteiger partial charge in [-0.2, -0.15) is 0 Å². The van der Waals surface area contributed by atoms with Crippen LogP contribution in [0.4, 0.5) is 4.79 Å². The number of hydrogen-bond acceptors (Lipinski definition) is 4. The summed E-state index contributed by atoms with van der Waals surface area (Å²) >= 11 is 0. The van der Waals surface area contributed by atoms with E-state index in [-0.39, 0.29) is 28.8 Å². The summed E-state index contributed by atoms with van der Waals surface area (Å²) in [5, 5.41) is 0. The molecule has 1 spiro atoms. The highest BCUT2D eigenvalue weighted by molar-refractivity contribution is 5.92. The topological polar surface area (TPSA) is 55.8 Å². The average molecular weight is 442 g/mol. The molecule has 0 aromatic carbocycles. The number of ketones is 1. The predicted molar refractivity (Wildman–Crippen MR) is 123 cm³/mol. The van der Waals surface area contributed by atoms with E-state index in [1.807, 2.05) is 0 Å². The minimum Gasteiger partial charge on any atom is -0.449 e. The van der Waals surface area contributed by atoms with Crippen LogP contribution in [0.1, 0.15) is 65.2 Å². The van der Waals surface area contributed by atoms with Gasteiger partial charge in [0.05, 0.1) is 25.2 Å². The minimum absolute atomic E-state index is 0.107. The van der Waals surface area contributed by atoms with Crippen molar-refractivity contribution in [1.29, 1.82) is 0 Å². The van der Waals surface area contributed by atoms with Gasteiger partial charge in [-0.25, -0.2) is 4.79 Å². The molecule has 1 amide bonds. The summed E-state index contributed by atoms with van der Waals surface area (Å²) in [4.78, 5) is 28.7. The highest BCUT2D eigenvalue weighted by atomic mass is 16.6. The van der Waals surface area contributed by atoms with Crippen molar-refractivity contribution in [3.63, 3.8) is 0 Å². The van der Waals surface area contributed by atoms with Crippen LogP contribution in [-0.4, -0.2) is 49.7 Å². The largest absolute Gasteiger partial charge is 0.449 e. The molecular weight excluding hydrogens is 402 g/mol. The Labute approximate surface area is 192 Å². The molecule has 5 heteroatoms. The first kappa shape index (κ1) is 22.2. The zero-order valence-electron chi connectivity index (χ0n) is 19.9. The maximum atomic E-state index is 13.9. The fraction of sp³-hybridized carbons (Fsp3) is 0.778. The quantitative estimate of drug-likeness (QED) is 0.607. The summed E-state index contributed by atoms with van der Waals surface area (Å²) in [6.07, 6.45) is 7.68. The Morgan fingerprint density at radius 1 is 1.19 bits per heavy atom. The van der Waals surface area contributed by atoms with E-state index in [0.717, 1.165) is 56.1 Å². The third-order valence-electron chi connectivity index (χ3n) is 10.5. The second-order valence-corrected chi connectivity index (χ2v) is 11.4. The zero-order chi connectivity index (χ0) is 22.7. The number of rotatable bonds is 3. The molecule has 0 aromatic heterocycles. The Hall–Kier alpha value is -1.62. The van der Waals surface area contributed by atoms with Crippen molar-refractivity contribution in [1.82, 2.24) is 4.90 Å². The minimum atomic E-state index is -0.486. The van der Waals surface area contributed by atoms with Gasteiger partial charge in [-0.05, 0) is 66.4 Å². The van der Waals surface area contributed by atoms with Crippen LogP contribution in [0.2, 0.25) is 0 Å². The van der Waals surface area contributed by atoms with Crippen LogP contribution >= 0.6 is 0 Å². The molecule has 2 bridgehead atoms. The fourth-order valence-corrected chi connectivity index (χ4v) is 8.45. The monoisotopic (exact) mass is 441 g/mol. The molecule has 6 rings (SSSR count). The molecule has 6 aliphatic rings. The van der Waals surface area contributed by atoms with Crippen molar-refractivity contribution in [2.75, 3.05) is 32.9 Å².